The third-order valence-corrected chi connectivity index (χ3v) is 5.51. The van der Waals surface area contributed by atoms with Gasteiger partial charge in [0.25, 0.3) is 0 Å². The monoisotopic (exact) mass is 427 g/mol. The Hall–Kier alpha value is -3.99. The molecule has 162 valence electrons. The van der Waals surface area contributed by atoms with Gasteiger partial charge in [0, 0.05) is 5.56 Å². The van der Waals surface area contributed by atoms with Crippen LogP contribution in [-0.2, 0) is 13.0 Å². The summed E-state index contributed by atoms with van der Waals surface area (Å²) in [5, 5.41) is 18.9. The number of nitrogens with zero attached hydrogens (tertiary/aromatic N) is 6. The lowest BCUT2D eigenvalue weighted by molar-refractivity contribution is 0.456. The molecule has 4 rings (SSSR count). The Morgan fingerprint density at radius 2 is 1.84 bits per heavy atom. The summed E-state index contributed by atoms with van der Waals surface area (Å²) in [5.74, 6) is 7.17. The molecule has 4 aromatic rings. The standard InChI is InChI=1S/C24H25N7O/c1-4-6-11-22-27-31(17(3)5-2)24(32)30(22)16-18-12-14-19(15-13-18)20-9-7-8-10-21(20)23-25-28-29-26-23/h7-10,12-15,17H,5,11,16H2,1-3H3,(H,25,26,28,29). The van der Waals surface area contributed by atoms with Gasteiger partial charge in [-0.05, 0) is 42.2 Å². The zero-order valence-corrected chi connectivity index (χ0v) is 18.4. The van der Waals surface area contributed by atoms with Gasteiger partial charge in [-0.1, -0.05) is 61.4 Å². The molecule has 32 heavy (non-hydrogen) atoms. The van der Waals surface area contributed by atoms with Gasteiger partial charge < -0.3 is 0 Å². The van der Waals surface area contributed by atoms with Crippen LogP contribution in [0.1, 0.15) is 44.6 Å². The summed E-state index contributed by atoms with van der Waals surface area (Å²) in [6, 6.07) is 16.1. The van der Waals surface area contributed by atoms with Crippen LogP contribution in [0, 0.1) is 11.8 Å². The van der Waals surface area contributed by atoms with E-state index < -0.39 is 0 Å². The van der Waals surface area contributed by atoms with Crippen LogP contribution in [0.4, 0.5) is 0 Å². The second-order valence-corrected chi connectivity index (χ2v) is 7.57. The molecule has 2 aromatic heterocycles. The second-order valence-electron chi connectivity index (χ2n) is 7.57. The second kappa shape index (κ2) is 9.43. The van der Waals surface area contributed by atoms with Crippen LogP contribution >= 0.6 is 0 Å². The van der Waals surface area contributed by atoms with Crippen LogP contribution in [0.25, 0.3) is 22.5 Å². The minimum absolute atomic E-state index is 0.0427. The van der Waals surface area contributed by atoms with Crippen molar-refractivity contribution in [1.82, 2.24) is 35.0 Å². The average Bonchev–Trinajstić information content (AvgIpc) is 3.47. The van der Waals surface area contributed by atoms with E-state index in [0.717, 1.165) is 28.7 Å². The molecule has 0 bridgehead atoms. The van der Waals surface area contributed by atoms with Crippen molar-refractivity contribution in [1.29, 1.82) is 0 Å². The topological polar surface area (TPSA) is 94.3 Å². The number of nitrogens with one attached hydrogen (secondary N) is 1. The Morgan fingerprint density at radius 1 is 1.09 bits per heavy atom. The van der Waals surface area contributed by atoms with E-state index in [4.69, 9.17) is 0 Å². The molecular formula is C24H25N7O. The molecule has 8 heteroatoms. The Kier molecular flexibility index (Phi) is 6.26. The SMILES string of the molecule is CC#CCc1nn(C(C)CC)c(=O)n1Cc1ccc(-c2ccccc2-c2nn[nH]n2)cc1. The highest BCUT2D eigenvalue weighted by Gasteiger charge is 2.16. The number of benzene rings is 2. The third-order valence-electron chi connectivity index (χ3n) is 5.51. The van der Waals surface area contributed by atoms with Crippen molar-refractivity contribution in [3.63, 3.8) is 0 Å². The smallest absolute Gasteiger partial charge is 0.274 e. The third kappa shape index (κ3) is 4.23. The van der Waals surface area contributed by atoms with Crippen molar-refractivity contribution in [3.05, 3.63) is 70.4 Å². The maximum Gasteiger partial charge on any atom is 0.346 e. The first kappa shape index (κ1) is 21.2. The van der Waals surface area contributed by atoms with Crippen molar-refractivity contribution < 1.29 is 0 Å². The summed E-state index contributed by atoms with van der Waals surface area (Å²) >= 11 is 0. The van der Waals surface area contributed by atoms with Crippen LogP contribution in [-0.4, -0.2) is 35.0 Å². The lowest BCUT2D eigenvalue weighted by Gasteiger charge is -2.09. The number of hydrogen-bond donors (Lipinski definition) is 1. The Labute approximate surface area is 186 Å². The van der Waals surface area contributed by atoms with Gasteiger partial charge in [0.2, 0.25) is 5.82 Å². The molecule has 0 amide bonds. The Morgan fingerprint density at radius 3 is 2.50 bits per heavy atom. The van der Waals surface area contributed by atoms with Gasteiger partial charge in [-0.3, -0.25) is 4.57 Å². The molecule has 1 atom stereocenters. The molecule has 0 aliphatic rings. The van der Waals surface area contributed by atoms with Crippen LogP contribution < -0.4 is 5.69 Å². The van der Waals surface area contributed by atoms with E-state index in [1.165, 1.54) is 0 Å². The number of hydrogen-bond acceptors (Lipinski definition) is 5. The quantitative estimate of drug-likeness (QED) is 0.456. The number of rotatable bonds is 7. The highest BCUT2D eigenvalue weighted by atomic mass is 16.2. The zero-order chi connectivity index (χ0) is 22.5. The number of aromatic amines is 1. The number of H-pyrrole nitrogens is 1. The Balaban J connectivity index is 1.65. The van der Waals surface area contributed by atoms with Crippen LogP contribution in [0.15, 0.2) is 53.3 Å². The van der Waals surface area contributed by atoms with Gasteiger partial charge in [-0.15, -0.1) is 16.1 Å². The normalized spacial score (nSPS) is 11.7. The zero-order valence-electron chi connectivity index (χ0n) is 18.4. The fraction of sp³-hybridized carbons (Fsp3) is 0.292. The van der Waals surface area contributed by atoms with E-state index in [-0.39, 0.29) is 11.7 Å². The van der Waals surface area contributed by atoms with Gasteiger partial charge in [-0.2, -0.15) is 10.3 Å². The molecule has 1 unspecified atom stereocenters. The van der Waals surface area contributed by atoms with Gasteiger partial charge in [0.05, 0.1) is 19.0 Å². The summed E-state index contributed by atoms with van der Waals surface area (Å²) in [5.41, 5.74) is 3.87. The predicted molar refractivity (Wildman–Crippen MR) is 123 cm³/mol. The van der Waals surface area contributed by atoms with E-state index in [1.807, 2.05) is 62.4 Å². The number of aromatic nitrogens is 7. The molecule has 0 saturated heterocycles. The van der Waals surface area contributed by atoms with Crippen molar-refractivity contribution in [2.75, 3.05) is 0 Å². The van der Waals surface area contributed by atoms with Gasteiger partial charge in [0.1, 0.15) is 5.82 Å². The summed E-state index contributed by atoms with van der Waals surface area (Å²) in [6.45, 7) is 6.29. The molecule has 0 aliphatic carbocycles. The Bertz CT molecular complexity index is 1310. The van der Waals surface area contributed by atoms with Gasteiger partial charge in [-0.25, -0.2) is 9.48 Å². The first-order valence-electron chi connectivity index (χ1n) is 10.6. The van der Waals surface area contributed by atoms with Crippen molar-refractivity contribution in [2.24, 2.45) is 0 Å². The van der Waals surface area contributed by atoms with E-state index in [2.05, 4.69) is 37.6 Å². The van der Waals surface area contributed by atoms with Crippen molar-refractivity contribution >= 4 is 0 Å². The molecule has 0 fully saturated rings. The van der Waals surface area contributed by atoms with Crippen LogP contribution in [0.2, 0.25) is 0 Å². The fourth-order valence-corrected chi connectivity index (χ4v) is 3.55. The van der Waals surface area contributed by atoms with Crippen LogP contribution in [0.5, 0.6) is 0 Å². The van der Waals surface area contributed by atoms with Crippen molar-refractivity contribution in [2.45, 2.75) is 46.2 Å². The maximum absolute atomic E-state index is 13.0. The first-order chi connectivity index (χ1) is 15.6. The summed E-state index contributed by atoms with van der Waals surface area (Å²) < 4.78 is 3.29. The lowest BCUT2D eigenvalue weighted by atomic mass is 9.98. The summed E-state index contributed by atoms with van der Waals surface area (Å²) in [4.78, 5) is 13.0. The van der Waals surface area contributed by atoms with E-state index in [9.17, 15) is 4.79 Å². The molecular weight excluding hydrogens is 402 g/mol. The number of tetrazole rings is 1. The highest BCUT2D eigenvalue weighted by molar-refractivity contribution is 5.80. The fourth-order valence-electron chi connectivity index (χ4n) is 3.55. The van der Waals surface area contributed by atoms with E-state index in [0.29, 0.717) is 24.6 Å². The molecule has 1 N–H and O–H groups in total. The van der Waals surface area contributed by atoms with Crippen LogP contribution in [0.3, 0.4) is 0 Å². The average molecular weight is 428 g/mol. The molecule has 0 spiro atoms. The summed E-state index contributed by atoms with van der Waals surface area (Å²) in [6.07, 6.45) is 1.29. The van der Waals surface area contributed by atoms with Gasteiger partial charge >= 0.3 is 5.69 Å². The van der Waals surface area contributed by atoms with E-state index in [1.54, 1.807) is 16.2 Å². The van der Waals surface area contributed by atoms with Gasteiger partial charge in [0.15, 0.2) is 0 Å². The molecule has 0 aliphatic heterocycles. The molecule has 2 heterocycles. The predicted octanol–water partition coefficient (Wildman–Crippen LogP) is 3.48. The lowest BCUT2D eigenvalue weighted by Crippen LogP contribution is -2.27. The molecule has 0 radical (unpaired) electrons. The highest BCUT2D eigenvalue weighted by Crippen LogP contribution is 2.29. The molecule has 8 nitrogen and oxygen atoms in total. The largest absolute Gasteiger partial charge is 0.346 e. The molecule has 0 saturated carbocycles. The minimum atomic E-state index is -0.0984. The van der Waals surface area contributed by atoms with Crippen molar-refractivity contribution in [3.8, 4) is 34.4 Å². The van der Waals surface area contributed by atoms with E-state index >= 15 is 0 Å². The summed E-state index contributed by atoms with van der Waals surface area (Å²) in [7, 11) is 0. The minimum Gasteiger partial charge on any atom is -0.274 e. The molecule has 2 aromatic carbocycles. The first-order valence-corrected chi connectivity index (χ1v) is 10.6. The maximum atomic E-state index is 13.0.